The fraction of sp³-hybridized carbons (Fsp3) is 0.167. The predicted octanol–water partition coefficient (Wildman–Crippen LogP) is 5.05. The van der Waals surface area contributed by atoms with Crippen LogP contribution in [-0.2, 0) is 9.59 Å². The zero-order chi connectivity index (χ0) is 21.3. The lowest BCUT2D eigenvalue weighted by molar-refractivity contribution is -0.118. The van der Waals surface area contributed by atoms with Crippen molar-refractivity contribution >= 4 is 35.0 Å². The number of rotatable bonds is 8. The molecule has 0 saturated heterocycles. The number of aryl methyl sites for hydroxylation is 2. The number of para-hydroxylation sites is 1. The van der Waals surface area contributed by atoms with E-state index in [1.54, 1.807) is 18.2 Å². The van der Waals surface area contributed by atoms with Gasteiger partial charge in [0.2, 0.25) is 5.91 Å². The second kappa shape index (κ2) is 10.5. The van der Waals surface area contributed by atoms with E-state index in [9.17, 15) is 9.59 Å². The number of hydrogen-bond acceptors (Lipinski definition) is 4. The highest BCUT2D eigenvalue weighted by Crippen LogP contribution is 2.22. The Hall–Kier alpha value is -3.25. The molecule has 5 nitrogen and oxygen atoms in total. The number of hydrogen-bond donors (Lipinski definition) is 2. The number of anilines is 2. The van der Waals surface area contributed by atoms with Gasteiger partial charge in [-0.25, -0.2) is 0 Å². The molecule has 3 aromatic carbocycles. The molecule has 3 rings (SSSR count). The van der Waals surface area contributed by atoms with Crippen molar-refractivity contribution in [2.45, 2.75) is 18.7 Å². The van der Waals surface area contributed by atoms with Crippen LogP contribution in [0.1, 0.15) is 11.1 Å². The molecule has 0 radical (unpaired) electrons. The Morgan fingerprint density at radius 2 is 1.50 bits per heavy atom. The Balaban J connectivity index is 1.48. The molecule has 0 aliphatic carbocycles. The van der Waals surface area contributed by atoms with Gasteiger partial charge in [-0.1, -0.05) is 30.3 Å². The smallest absolute Gasteiger partial charge is 0.262 e. The molecule has 0 aliphatic rings. The van der Waals surface area contributed by atoms with Gasteiger partial charge < -0.3 is 15.4 Å². The van der Waals surface area contributed by atoms with Gasteiger partial charge >= 0.3 is 0 Å². The summed E-state index contributed by atoms with van der Waals surface area (Å²) in [5, 5.41) is 5.74. The van der Waals surface area contributed by atoms with Crippen LogP contribution in [0.25, 0.3) is 0 Å². The molecular formula is C24H24N2O3S. The highest BCUT2D eigenvalue weighted by Gasteiger charge is 2.07. The summed E-state index contributed by atoms with van der Waals surface area (Å²) in [4.78, 5) is 25.3. The standard InChI is InChI=1S/C24H24N2O3S/c1-17-11-18(2)13-20(12-17)26-24(28)16-30-22-10-6-7-19(14-22)25-23(27)15-29-21-8-4-3-5-9-21/h3-14H,15-16H2,1-2H3,(H,25,27)(H,26,28). The molecule has 0 unspecified atom stereocenters. The third kappa shape index (κ3) is 6.97. The van der Waals surface area contributed by atoms with E-state index in [2.05, 4.69) is 16.7 Å². The summed E-state index contributed by atoms with van der Waals surface area (Å²) in [7, 11) is 0. The molecule has 2 N–H and O–H groups in total. The van der Waals surface area contributed by atoms with Crippen molar-refractivity contribution in [1.29, 1.82) is 0 Å². The first-order chi connectivity index (χ1) is 14.5. The average Bonchev–Trinajstić information content (AvgIpc) is 2.71. The second-order valence-corrected chi connectivity index (χ2v) is 7.94. The monoisotopic (exact) mass is 420 g/mol. The zero-order valence-corrected chi connectivity index (χ0v) is 17.8. The third-order valence-electron chi connectivity index (χ3n) is 4.11. The van der Waals surface area contributed by atoms with E-state index >= 15 is 0 Å². The molecule has 2 amide bonds. The maximum absolute atomic E-state index is 12.3. The molecule has 0 aromatic heterocycles. The largest absolute Gasteiger partial charge is 0.484 e. The van der Waals surface area contributed by atoms with Crippen LogP contribution in [0.2, 0.25) is 0 Å². The SMILES string of the molecule is Cc1cc(C)cc(NC(=O)CSc2cccc(NC(=O)COc3ccccc3)c2)c1. The molecule has 154 valence electrons. The van der Waals surface area contributed by atoms with Crippen LogP contribution in [0.5, 0.6) is 5.75 Å². The molecule has 0 fully saturated rings. The van der Waals surface area contributed by atoms with Gasteiger partial charge in [0, 0.05) is 16.3 Å². The quantitative estimate of drug-likeness (QED) is 0.500. The van der Waals surface area contributed by atoms with Crippen LogP contribution in [0.3, 0.4) is 0 Å². The molecular weight excluding hydrogens is 396 g/mol. The Labute approximate surface area is 180 Å². The van der Waals surface area contributed by atoms with E-state index in [4.69, 9.17) is 4.74 Å². The second-order valence-electron chi connectivity index (χ2n) is 6.89. The fourth-order valence-electron chi connectivity index (χ4n) is 2.92. The van der Waals surface area contributed by atoms with Crippen LogP contribution in [-0.4, -0.2) is 24.2 Å². The van der Waals surface area contributed by atoms with E-state index < -0.39 is 0 Å². The summed E-state index contributed by atoms with van der Waals surface area (Å²) < 4.78 is 5.45. The molecule has 0 spiro atoms. The van der Waals surface area contributed by atoms with Crippen molar-refractivity contribution in [2.24, 2.45) is 0 Å². The summed E-state index contributed by atoms with van der Waals surface area (Å²) >= 11 is 1.41. The summed E-state index contributed by atoms with van der Waals surface area (Å²) in [5.41, 5.74) is 3.68. The minimum Gasteiger partial charge on any atom is -0.484 e. The Kier molecular flexibility index (Phi) is 7.51. The normalized spacial score (nSPS) is 10.3. The molecule has 0 aliphatic heterocycles. The minimum absolute atomic E-state index is 0.0697. The molecule has 0 saturated carbocycles. The van der Waals surface area contributed by atoms with E-state index in [1.165, 1.54) is 11.8 Å². The van der Waals surface area contributed by atoms with E-state index in [0.29, 0.717) is 11.4 Å². The number of carbonyl (C=O) groups excluding carboxylic acids is 2. The van der Waals surface area contributed by atoms with Crippen molar-refractivity contribution in [2.75, 3.05) is 23.0 Å². The van der Waals surface area contributed by atoms with Crippen molar-refractivity contribution in [3.63, 3.8) is 0 Å². The van der Waals surface area contributed by atoms with Gasteiger partial charge in [0.25, 0.3) is 5.91 Å². The highest BCUT2D eigenvalue weighted by atomic mass is 32.2. The van der Waals surface area contributed by atoms with Crippen LogP contribution >= 0.6 is 11.8 Å². The fourth-order valence-corrected chi connectivity index (χ4v) is 3.67. The summed E-state index contributed by atoms with van der Waals surface area (Å²) in [6, 6.07) is 22.5. The van der Waals surface area contributed by atoms with E-state index in [1.807, 2.05) is 62.4 Å². The van der Waals surface area contributed by atoms with Gasteiger partial charge in [0.1, 0.15) is 5.75 Å². The Morgan fingerprint density at radius 1 is 0.800 bits per heavy atom. The van der Waals surface area contributed by atoms with E-state index in [-0.39, 0.29) is 24.2 Å². The minimum atomic E-state index is -0.242. The summed E-state index contributed by atoms with van der Waals surface area (Å²) in [5.74, 6) is 0.609. The Bertz CT molecular complexity index is 1000. The number of benzene rings is 3. The van der Waals surface area contributed by atoms with Gasteiger partial charge in [-0.15, -0.1) is 11.8 Å². The molecule has 30 heavy (non-hydrogen) atoms. The van der Waals surface area contributed by atoms with Gasteiger partial charge in [-0.05, 0) is 67.4 Å². The van der Waals surface area contributed by atoms with Crippen LogP contribution in [0.4, 0.5) is 11.4 Å². The maximum Gasteiger partial charge on any atom is 0.262 e. The number of ether oxygens (including phenoxy) is 1. The first-order valence-corrected chi connectivity index (χ1v) is 10.6. The molecule has 6 heteroatoms. The number of nitrogens with one attached hydrogen (secondary N) is 2. The molecule has 0 bridgehead atoms. The third-order valence-corrected chi connectivity index (χ3v) is 5.10. The number of carbonyl (C=O) groups is 2. The molecule has 0 heterocycles. The van der Waals surface area contributed by atoms with Crippen molar-refractivity contribution in [3.05, 3.63) is 83.9 Å². The van der Waals surface area contributed by atoms with Crippen molar-refractivity contribution in [3.8, 4) is 5.75 Å². The topological polar surface area (TPSA) is 67.4 Å². The first-order valence-electron chi connectivity index (χ1n) is 9.57. The Morgan fingerprint density at radius 3 is 2.23 bits per heavy atom. The predicted molar refractivity (Wildman–Crippen MR) is 122 cm³/mol. The van der Waals surface area contributed by atoms with Gasteiger partial charge in [-0.3, -0.25) is 9.59 Å². The van der Waals surface area contributed by atoms with Crippen LogP contribution in [0, 0.1) is 13.8 Å². The van der Waals surface area contributed by atoms with Crippen molar-refractivity contribution in [1.82, 2.24) is 0 Å². The lowest BCUT2D eigenvalue weighted by Crippen LogP contribution is -2.20. The number of thioether (sulfide) groups is 1. The van der Waals surface area contributed by atoms with E-state index in [0.717, 1.165) is 21.7 Å². The zero-order valence-electron chi connectivity index (χ0n) is 17.0. The van der Waals surface area contributed by atoms with Crippen LogP contribution in [0.15, 0.2) is 77.7 Å². The average molecular weight is 421 g/mol. The lowest BCUT2D eigenvalue weighted by atomic mass is 10.1. The van der Waals surface area contributed by atoms with Gasteiger partial charge in [-0.2, -0.15) is 0 Å². The van der Waals surface area contributed by atoms with Crippen molar-refractivity contribution < 1.29 is 14.3 Å². The van der Waals surface area contributed by atoms with Gasteiger partial charge in [0.15, 0.2) is 6.61 Å². The van der Waals surface area contributed by atoms with Gasteiger partial charge in [0.05, 0.1) is 5.75 Å². The lowest BCUT2D eigenvalue weighted by Gasteiger charge is -2.09. The number of amides is 2. The summed E-state index contributed by atoms with van der Waals surface area (Å²) in [6.07, 6.45) is 0. The summed E-state index contributed by atoms with van der Waals surface area (Å²) in [6.45, 7) is 3.93. The first kappa shape index (κ1) is 21.5. The molecule has 0 atom stereocenters. The maximum atomic E-state index is 12.3. The van der Waals surface area contributed by atoms with Crippen LogP contribution < -0.4 is 15.4 Å². The molecule has 3 aromatic rings. The highest BCUT2D eigenvalue weighted by molar-refractivity contribution is 8.00.